The maximum atomic E-state index is 11.8. The quantitative estimate of drug-likeness (QED) is 0.574. The molecule has 72 valence electrons. The number of carbonyl (C=O) groups is 1. The summed E-state index contributed by atoms with van der Waals surface area (Å²) in [6.07, 6.45) is 0.750. The van der Waals surface area contributed by atoms with E-state index in [1.165, 1.54) is 11.3 Å². The molecule has 0 aliphatic rings. The number of carbonyl (C=O) groups excluding carboxylic acids is 1. The third-order valence-electron chi connectivity index (χ3n) is 1.50. The largest absolute Gasteiger partial charge is 0.325 e. The highest BCUT2D eigenvalue weighted by Gasteiger charge is 2.20. The molecule has 0 spiro atoms. The molecule has 0 N–H and O–H groups in total. The molecule has 0 fully saturated rings. The van der Waals surface area contributed by atoms with E-state index < -0.39 is 7.37 Å². The van der Waals surface area contributed by atoms with E-state index in [0.717, 1.165) is 6.29 Å². The lowest BCUT2D eigenvalue weighted by molar-refractivity contribution is 0.112. The summed E-state index contributed by atoms with van der Waals surface area (Å²) in [4.78, 5) is 11.0. The molecule has 0 aliphatic carbocycles. The Kier molecular flexibility index (Phi) is 3.42. The third-order valence-corrected chi connectivity index (χ3v) is 5.29. The molecule has 1 heterocycles. The molecule has 5 heteroatoms. The third kappa shape index (κ3) is 2.50. The van der Waals surface area contributed by atoms with Crippen molar-refractivity contribution in [1.82, 2.24) is 0 Å². The van der Waals surface area contributed by atoms with Crippen LogP contribution in [0, 0.1) is 0 Å². The highest BCUT2D eigenvalue weighted by Crippen LogP contribution is 2.43. The van der Waals surface area contributed by atoms with Gasteiger partial charge in [0.1, 0.15) is 0 Å². The van der Waals surface area contributed by atoms with E-state index in [9.17, 15) is 9.36 Å². The predicted molar refractivity (Wildman–Crippen MR) is 54.5 cm³/mol. The molecule has 13 heavy (non-hydrogen) atoms. The molecule has 3 nitrogen and oxygen atoms in total. The van der Waals surface area contributed by atoms with Crippen LogP contribution >= 0.6 is 18.7 Å². The van der Waals surface area contributed by atoms with Gasteiger partial charge in [-0.3, -0.25) is 9.36 Å². The van der Waals surface area contributed by atoms with Crippen molar-refractivity contribution in [2.75, 3.05) is 13.3 Å². The minimum Gasteiger partial charge on any atom is -0.325 e. The number of hydrogen-bond acceptors (Lipinski definition) is 4. The van der Waals surface area contributed by atoms with Gasteiger partial charge in [0, 0.05) is 6.66 Å². The molecule has 1 rings (SSSR count). The molecule has 1 aromatic heterocycles. The first-order valence-corrected chi connectivity index (χ1v) is 6.76. The minimum absolute atomic E-state index is 0.419. The second-order valence-corrected chi connectivity index (χ2v) is 6.41. The van der Waals surface area contributed by atoms with Gasteiger partial charge in [0.25, 0.3) is 0 Å². The van der Waals surface area contributed by atoms with Crippen LogP contribution in [0.25, 0.3) is 0 Å². The van der Waals surface area contributed by atoms with Gasteiger partial charge in [-0.25, -0.2) is 0 Å². The topological polar surface area (TPSA) is 43.4 Å². The second kappa shape index (κ2) is 4.18. The van der Waals surface area contributed by atoms with Crippen LogP contribution in [0.3, 0.4) is 0 Å². The fourth-order valence-electron chi connectivity index (χ4n) is 0.934. The summed E-state index contributed by atoms with van der Waals surface area (Å²) in [7, 11) is -2.68. The summed E-state index contributed by atoms with van der Waals surface area (Å²) in [5.41, 5.74) is 0. The zero-order valence-electron chi connectivity index (χ0n) is 7.52. The highest BCUT2D eigenvalue weighted by atomic mass is 32.1. The Morgan fingerprint density at radius 3 is 2.77 bits per heavy atom. The van der Waals surface area contributed by atoms with Crippen molar-refractivity contribution in [1.29, 1.82) is 0 Å². The Hall–Kier alpha value is -0.440. The first-order valence-electron chi connectivity index (χ1n) is 3.88. The van der Waals surface area contributed by atoms with Crippen LogP contribution in [0.5, 0.6) is 0 Å². The van der Waals surface area contributed by atoms with Crippen LogP contribution in [-0.2, 0) is 9.09 Å². The standard InChI is InChI=1S/C8H11O3PS/c1-3-11-12(2,10)8-5-4-7(6-9)13-8/h4-6H,3H2,1-2H3. The SMILES string of the molecule is CCOP(C)(=O)c1ccc(C=O)s1. The maximum absolute atomic E-state index is 11.8. The fourth-order valence-corrected chi connectivity index (χ4v) is 3.60. The Morgan fingerprint density at radius 1 is 1.62 bits per heavy atom. The molecule has 0 saturated heterocycles. The van der Waals surface area contributed by atoms with E-state index in [2.05, 4.69) is 0 Å². The van der Waals surface area contributed by atoms with E-state index in [1.54, 1.807) is 25.7 Å². The van der Waals surface area contributed by atoms with Crippen LogP contribution in [0.4, 0.5) is 0 Å². The predicted octanol–water partition coefficient (Wildman–Crippen LogP) is 2.13. The van der Waals surface area contributed by atoms with Crippen LogP contribution in [0.1, 0.15) is 16.6 Å². The second-order valence-electron chi connectivity index (χ2n) is 2.56. The molecule has 0 aromatic carbocycles. The van der Waals surface area contributed by atoms with Crippen molar-refractivity contribution in [3.8, 4) is 0 Å². The van der Waals surface area contributed by atoms with Crippen molar-refractivity contribution in [3.05, 3.63) is 17.0 Å². The van der Waals surface area contributed by atoms with Gasteiger partial charge in [-0.2, -0.15) is 0 Å². The summed E-state index contributed by atoms with van der Waals surface area (Å²) in [5, 5.41) is 0. The molecule has 0 amide bonds. The molecular weight excluding hydrogens is 207 g/mol. The first-order chi connectivity index (χ1) is 6.10. The summed E-state index contributed by atoms with van der Waals surface area (Å²) in [6.45, 7) is 3.78. The van der Waals surface area contributed by atoms with Crippen LogP contribution in [0.15, 0.2) is 12.1 Å². The van der Waals surface area contributed by atoms with Gasteiger partial charge in [-0.05, 0) is 19.1 Å². The lowest BCUT2D eigenvalue weighted by atomic mass is 10.5. The monoisotopic (exact) mass is 218 g/mol. The molecule has 1 atom stereocenters. The Balaban J connectivity index is 2.93. The van der Waals surface area contributed by atoms with Gasteiger partial charge < -0.3 is 4.52 Å². The number of hydrogen-bond donors (Lipinski definition) is 0. The van der Waals surface area contributed by atoms with Crippen LogP contribution in [-0.4, -0.2) is 19.6 Å². The molecule has 1 unspecified atom stereocenters. The summed E-state index contributed by atoms with van der Waals surface area (Å²) in [5.74, 6) is 0. The number of rotatable bonds is 4. The summed E-state index contributed by atoms with van der Waals surface area (Å²) in [6, 6.07) is 3.34. The first kappa shape index (κ1) is 10.6. The molecule has 0 bridgehead atoms. The van der Waals surface area contributed by atoms with Gasteiger partial charge in [-0.1, -0.05) is 0 Å². The highest BCUT2D eigenvalue weighted by molar-refractivity contribution is 7.72. The Morgan fingerprint density at radius 2 is 2.31 bits per heavy atom. The van der Waals surface area contributed by atoms with E-state index in [1.807, 2.05) is 0 Å². The van der Waals surface area contributed by atoms with Crippen LogP contribution < -0.4 is 4.62 Å². The van der Waals surface area contributed by atoms with E-state index >= 15 is 0 Å². The lowest BCUT2D eigenvalue weighted by Crippen LogP contribution is -2.00. The van der Waals surface area contributed by atoms with Crippen molar-refractivity contribution >= 4 is 29.6 Å². The van der Waals surface area contributed by atoms with Crippen molar-refractivity contribution < 1.29 is 13.9 Å². The van der Waals surface area contributed by atoms with Crippen molar-refractivity contribution in [2.45, 2.75) is 6.92 Å². The van der Waals surface area contributed by atoms with E-state index in [4.69, 9.17) is 4.52 Å². The molecule has 1 aromatic rings. The van der Waals surface area contributed by atoms with Gasteiger partial charge in [0.2, 0.25) is 7.37 Å². The van der Waals surface area contributed by atoms with E-state index in [-0.39, 0.29) is 0 Å². The number of aldehydes is 1. The smallest absolute Gasteiger partial charge is 0.238 e. The Labute approximate surface area is 81.2 Å². The Bertz CT molecular complexity index is 345. The van der Waals surface area contributed by atoms with Crippen molar-refractivity contribution in [2.24, 2.45) is 0 Å². The fraction of sp³-hybridized carbons (Fsp3) is 0.375. The molecule has 0 saturated carbocycles. The van der Waals surface area contributed by atoms with Crippen molar-refractivity contribution in [3.63, 3.8) is 0 Å². The average Bonchev–Trinajstić information content (AvgIpc) is 2.52. The maximum Gasteiger partial charge on any atom is 0.238 e. The van der Waals surface area contributed by atoms with Gasteiger partial charge in [-0.15, -0.1) is 11.3 Å². The van der Waals surface area contributed by atoms with E-state index in [0.29, 0.717) is 16.1 Å². The van der Waals surface area contributed by atoms with Crippen LogP contribution in [0.2, 0.25) is 0 Å². The lowest BCUT2D eigenvalue weighted by Gasteiger charge is -2.09. The molecule has 0 aliphatic heterocycles. The normalized spacial score (nSPS) is 15.2. The zero-order valence-corrected chi connectivity index (χ0v) is 9.23. The van der Waals surface area contributed by atoms with Gasteiger partial charge in [0.05, 0.1) is 16.1 Å². The average molecular weight is 218 g/mol. The van der Waals surface area contributed by atoms with Gasteiger partial charge in [0.15, 0.2) is 6.29 Å². The van der Waals surface area contributed by atoms with Gasteiger partial charge >= 0.3 is 0 Å². The molecule has 0 radical (unpaired) electrons. The number of thiophene rings is 1. The zero-order chi connectivity index (χ0) is 9.90. The minimum atomic E-state index is -2.68. The summed E-state index contributed by atoms with van der Waals surface area (Å²) >= 11 is 1.22. The molecular formula is C8H11O3PS. The summed E-state index contributed by atoms with van der Waals surface area (Å²) < 4.78 is 17.6.